The van der Waals surface area contributed by atoms with E-state index >= 15 is 0 Å². The predicted octanol–water partition coefficient (Wildman–Crippen LogP) is 2.19. The molecule has 1 heterocycles. The number of carbonyl (C=O) groups excluding carboxylic acids is 2. The van der Waals surface area contributed by atoms with Gasteiger partial charge in [-0.05, 0) is 31.4 Å². The number of carbonyl (C=O) groups is 2. The first-order valence-electron chi connectivity index (χ1n) is 7.99. The zero-order chi connectivity index (χ0) is 16.5. The summed E-state index contributed by atoms with van der Waals surface area (Å²) in [6.07, 6.45) is 2.31. The van der Waals surface area contributed by atoms with Crippen LogP contribution >= 0.6 is 0 Å². The number of ether oxygens (including phenoxy) is 2. The number of alkyl carbamates (subject to hydrolysis) is 1. The summed E-state index contributed by atoms with van der Waals surface area (Å²) in [5.74, 6) is 0.979. The molecule has 23 heavy (non-hydrogen) atoms. The number of benzene rings is 1. The van der Waals surface area contributed by atoms with E-state index in [0.29, 0.717) is 32.5 Å². The van der Waals surface area contributed by atoms with Gasteiger partial charge in [0.2, 0.25) is 5.91 Å². The number of hydrogen-bond donors (Lipinski definition) is 1. The maximum atomic E-state index is 12.2. The standard InChI is InChI=1S/C17H24N2O4/c1-22-17(21)18-14-9-11-19(12-10-14)16(20)8-5-13-23-15-6-3-2-4-7-15/h2-4,6-7,14H,5,8-13H2,1H3,(H,18,21). The molecular weight excluding hydrogens is 296 g/mol. The summed E-state index contributed by atoms with van der Waals surface area (Å²) < 4.78 is 10.2. The molecule has 2 amide bonds. The number of rotatable bonds is 6. The van der Waals surface area contributed by atoms with Crippen molar-refractivity contribution >= 4 is 12.0 Å². The molecule has 1 fully saturated rings. The highest BCUT2D eigenvalue weighted by Gasteiger charge is 2.23. The van der Waals surface area contributed by atoms with Crippen LogP contribution in [0.3, 0.4) is 0 Å². The molecule has 0 atom stereocenters. The highest BCUT2D eigenvalue weighted by Crippen LogP contribution is 2.13. The number of amides is 2. The van der Waals surface area contributed by atoms with Crippen LogP contribution in [0.5, 0.6) is 5.75 Å². The molecule has 1 aliphatic rings. The number of nitrogens with zero attached hydrogens (tertiary/aromatic N) is 1. The van der Waals surface area contributed by atoms with Crippen molar-refractivity contribution in [2.75, 3.05) is 26.8 Å². The molecule has 0 bridgehead atoms. The Kier molecular flexibility index (Phi) is 6.72. The number of hydrogen-bond acceptors (Lipinski definition) is 4. The second-order valence-corrected chi connectivity index (χ2v) is 5.56. The number of methoxy groups -OCH3 is 1. The smallest absolute Gasteiger partial charge is 0.407 e. The van der Waals surface area contributed by atoms with Gasteiger partial charge in [-0.15, -0.1) is 0 Å². The summed E-state index contributed by atoms with van der Waals surface area (Å²) in [6.45, 7) is 1.89. The fourth-order valence-electron chi connectivity index (χ4n) is 2.59. The van der Waals surface area contributed by atoms with Gasteiger partial charge < -0.3 is 19.7 Å². The lowest BCUT2D eigenvalue weighted by Crippen LogP contribution is -2.46. The van der Waals surface area contributed by atoms with E-state index in [1.807, 2.05) is 35.2 Å². The number of likely N-dealkylation sites (tertiary alicyclic amines) is 1. The van der Waals surface area contributed by atoms with Crippen LogP contribution in [-0.4, -0.2) is 49.7 Å². The Hall–Kier alpha value is -2.24. The third-order valence-corrected chi connectivity index (χ3v) is 3.90. The van der Waals surface area contributed by atoms with Gasteiger partial charge in [-0.25, -0.2) is 4.79 Å². The van der Waals surface area contributed by atoms with Crippen LogP contribution < -0.4 is 10.1 Å². The first kappa shape index (κ1) is 17.1. The number of para-hydroxylation sites is 1. The third-order valence-electron chi connectivity index (χ3n) is 3.90. The van der Waals surface area contributed by atoms with Crippen LogP contribution in [0.1, 0.15) is 25.7 Å². The van der Waals surface area contributed by atoms with Crippen LogP contribution in [-0.2, 0) is 9.53 Å². The second kappa shape index (κ2) is 9.02. The maximum Gasteiger partial charge on any atom is 0.407 e. The molecule has 0 aliphatic carbocycles. The topological polar surface area (TPSA) is 67.9 Å². The molecule has 1 N–H and O–H groups in total. The molecule has 6 nitrogen and oxygen atoms in total. The van der Waals surface area contributed by atoms with Crippen molar-refractivity contribution < 1.29 is 19.1 Å². The van der Waals surface area contributed by atoms with E-state index < -0.39 is 6.09 Å². The first-order chi connectivity index (χ1) is 11.2. The molecule has 1 saturated heterocycles. The summed E-state index contributed by atoms with van der Waals surface area (Å²) in [5.41, 5.74) is 0. The largest absolute Gasteiger partial charge is 0.494 e. The van der Waals surface area contributed by atoms with Crippen LogP contribution in [0.15, 0.2) is 30.3 Å². The van der Waals surface area contributed by atoms with Crippen molar-refractivity contribution in [3.8, 4) is 5.75 Å². The molecule has 0 aromatic heterocycles. The van der Waals surface area contributed by atoms with Crippen molar-refractivity contribution in [1.29, 1.82) is 0 Å². The normalized spacial score (nSPS) is 15.1. The molecule has 2 rings (SSSR count). The van der Waals surface area contributed by atoms with Crippen LogP contribution in [0.25, 0.3) is 0 Å². The van der Waals surface area contributed by atoms with Crippen LogP contribution in [0.4, 0.5) is 4.79 Å². The summed E-state index contributed by atoms with van der Waals surface area (Å²) in [4.78, 5) is 25.2. The first-order valence-corrected chi connectivity index (χ1v) is 7.99. The lowest BCUT2D eigenvalue weighted by molar-refractivity contribution is -0.132. The molecule has 0 saturated carbocycles. The molecule has 0 spiro atoms. The minimum atomic E-state index is -0.409. The highest BCUT2D eigenvalue weighted by atomic mass is 16.5. The van der Waals surface area contributed by atoms with E-state index in [1.54, 1.807) is 0 Å². The van der Waals surface area contributed by atoms with Gasteiger partial charge in [0.1, 0.15) is 5.75 Å². The molecule has 6 heteroatoms. The summed E-state index contributed by atoms with van der Waals surface area (Å²) >= 11 is 0. The predicted molar refractivity (Wildman–Crippen MR) is 86.3 cm³/mol. The van der Waals surface area contributed by atoms with Crippen molar-refractivity contribution in [1.82, 2.24) is 10.2 Å². The van der Waals surface area contributed by atoms with Gasteiger partial charge in [0.05, 0.1) is 13.7 Å². The molecule has 1 aromatic carbocycles. The Balaban J connectivity index is 1.60. The zero-order valence-electron chi connectivity index (χ0n) is 13.5. The Morgan fingerprint density at radius 1 is 1.22 bits per heavy atom. The SMILES string of the molecule is COC(=O)NC1CCN(C(=O)CCCOc2ccccc2)CC1. The average molecular weight is 320 g/mol. The lowest BCUT2D eigenvalue weighted by atomic mass is 10.0. The Morgan fingerprint density at radius 2 is 1.91 bits per heavy atom. The van der Waals surface area contributed by atoms with Gasteiger partial charge in [0, 0.05) is 25.6 Å². The van der Waals surface area contributed by atoms with E-state index in [2.05, 4.69) is 10.1 Å². The van der Waals surface area contributed by atoms with E-state index in [0.717, 1.165) is 18.6 Å². The molecule has 126 valence electrons. The Morgan fingerprint density at radius 3 is 2.57 bits per heavy atom. The van der Waals surface area contributed by atoms with Crippen LogP contribution in [0.2, 0.25) is 0 Å². The Bertz CT molecular complexity index is 499. The van der Waals surface area contributed by atoms with Crippen LogP contribution in [0, 0.1) is 0 Å². The van der Waals surface area contributed by atoms with E-state index in [9.17, 15) is 9.59 Å². The average Bonchev–Trinajstić information content (AvgIpc) is 2.60. The molecular formula is C17H24N2O4. The Labute approximate surface area is 136 Å². The van der Waals surface area contributed by atoms with Gasteiger partial charge in [-0.2, -0.15) is 0 Å². The van der Waals surface area contributed by atoms with E-state index in [1.165, 1.54) is 7.11 Å². The molecule has 0 radical (unpaired) electrons. The monoisotopic (exact) mass is 320 g/mol. The highest BCUT2D eigenvalue weighted by molar-refractivity contribution is 5.76. The zero-order valence-corrected chi connectivity index (χ0v) is 13.5. The van der Waals surface area contributed by atoms with Gasteiger partial charge in [-0.3, -0.25) is 4.79 Å². The summed E-state index contributed by atoms with van der Waals surface area (Å²) in [5, 5.41) is 2.78. The van der Waals surface area contributed by atoms with Gasteiger partial charge in [-0.1, -0.05) is 18.2 Å². The minimum Gasteiger partial charge on any atom is -0.494 e. The number of nitrogens with one attached hydrogen (secondary N) is 1. The number of piperidine rings is 1. The summed E-state index contributed by atoms with van der Waals surface area (Å²) in [7, 11) is 1.35. The van der Waals surface area contributed by atoms with Crippen molar-refractivity contribution in [3.63, 3.8) is 0 Å². The fraction of sp³-hybridized carbons (Fsp3) is 0.529. The van der Waals surface area contributed by atoms with E-state index in [-0.39, 0.29) is 11.9 Å². The van der Waals surface area contributed by atoms with Crippen molar-refractivity contribution in [2.24, 2.45) is 0 Å². The molecule has 1 aromatic rings. The van der Waals surface area contributed by atoms with Crippen molar-refractivity contribution in [2.45, 2.75) is 31.7 Å². The van der Waals surface area contributed by atoms with Crippen molar-refractivity contribution in [3.05, 3.63) is 30.3 Å². The fourth-order valence-corrected chi connectivity index (χ4v) is 2.59. The van der Waals surface area contributed by atoms with Gasteiger partial charge >= 0.3 is 6.09 Å². The molecule has 1 aliphatic heterocycles. The van der Waals surface area contributed by atoms with Gasteiger partial charge in [0.15, 0.2) is 0 Å². The quantitative estimate of drug-likeness (QED) is 0.816. The second-order valence-electron chi connectivity index (χ2n) is 5.56. The summed E-state index contributed by atoms with van der Waals surface area (Å²) in [6, 6.07) is 9.68. The minimum absolute atomic E-state index is 0.0907. The lowest BCUT2D eigenvalue weighted by Gasteiger charge is -2.32. The molecule has 0 unspecified atom stereocenters. The van der Waals surface area contributed by atoms with Gasteiger partial charge in [0.25, 0.3) is 0 Å². The van der Waals surface area contributed by atoms with E-state index in [4.69, 9.17) is 4.74 Å². The maximum absolute atomic E-state index is 12.2. The third kappa shape index (κ3) is 5.81.